The number of carbonyl (C=O) groups is 2. The van der Waals surface area contributed by atoms with E-state index < -0.39 is 11.9 Å². The van der Waals surface area contributed by atoms with Crippen LogP contribution in [0.15, 0.2) is 96.1 Å². The number of nitrogens with one attached hydrogen (secondary N) is 2. The first-order chi connectivity index (χ1) is 18.9. The number of hydrogen-bond donors (Lipinski definition) is 2. The second kappa shape index (κ2) is 11.4. The molecule has 1 amide bonds. The largest absolute Gasteiger partial charge is 0.493 e. The van der Waals surface area contributed by atoms with E-state index in [2.05, 4.69) is 15.5 Å². The maximum Gasteiger partial charge on any atom is 0.343 e. The van der Waals surface area contributed by atoms with Gasteiger partial charge in [-0.3, -0.25) is 4.79 Å². The van der Waals surface area contributed by atoms with Gasteiger partial charge in [-0.2, -0.15) is 5.10 Å². The molecule has 0 radical (unpaired) electrons. The van der Waals surface area contributed by atoms with Gasteiger partial charge in [-0.15, -0.1) is 0 Å². The molecular weight excluding hydrogens is 537 g/mol. The lowest BCUT2D eigenvalue weighted by molar-refractivity contribution is 0.0729. The molecule has 0 fully saturated rings. The zero-order valence-corrected chi connectivity index (χ0v) is 22.1. The molecule has 1 heterocycles. The third kappa shape index (κ3) is 5.65. The number of aromatic nitrogens is 1. The van der Waals surface area contributed by atoms with Gasteiger partial charge in [0.2, 0.25) is 0 Å². The minimum atomic E-state index is -0.503. The van der Waals surface area contributed by atoms with Crippen molar-refractivity contribution in [2.45, 2.75) is 0 Å². The van der Waals surface area contributed by atoms with Gasteiger partial charge in [-0.25, -0.2) is 10.2 Å². The molecule has 39 heavy (non-hydrogen) atoms. The second-order valence-electron chi connectivity index (χ2n) is 8.42. The summed E-state index contributed by atoms with van der Waals surface area (Å²) in [6.07, 6.45) is 1.46. The molecule has 0 atom stereocenters. The Hall–Kier alpha value is -4.59. The normalized spacial score (nSPS) is 11.1. The van der Waals surface area contributed by atoms with Gasteiger partial charge in [0.05, 0.1) is 23.9 Å². The molecule has 0 bridgehead atoms. The van der Waals surface area contributed by atoms with Crippen LogP contribution < -0.4 is 14.9 Å². The molecule has 0 saturated carbocycles. The predicted octanol–water partition coefficient (Wildman–Crippen LogP) is 7.13. The Morgan fingerprint density at radius 3 is 2.33 bits per heavy atom. The van der Waals surface area contributed by atoms with Gasteiger partial charge in [0, 0.05) is 21.5 Å². The topological polar surface area (TPSA) is 92.8 Å². The molecule has 5 aromatic rings. The number of nitrogens with zero attached hydrogens (tertiary/aromatic N) is 1. The minimum absolute atomic E-state index is 0.258. The molecule has 0 aliphatic rings. The van der Waals surface area contributed by atoms with Crippen molar-refractivity contribution in [1.82, 2.24) is 10.4 Å². The van der Waals surface area contributed by atoms with Gasteiger partial charge >= 0.3 is 5.97 Å². The van der Waals surface area contributed by atoms with Crippen LogP contribution in [0.1, 0.15) is 26.4 Å². The Labute approximate surface area is 234 Å². The number of hydrogen-bond acceptors (Lipinski definition) is 5. The Morgan fingerprint density at radius 2 is 1.62 bits per heavy atom. The Kier molecular flexibility index (Phi) is 7.63. The van der Waals surface area contributed by atoms with Crippen molar-refractivity contribution in [2.75, 3.05) is 7.11 Å². The van der Waals surface area contributed by atoms with Crippen molar-refractivity contribution in [3.8, 4) is 22.6 Å². The van der Waals surface area contributed by atoms with Crippen molar-refractivity contribution < 1.29 is 19.1 Å². The number of rotatable bonds is 7. The number of H-pyrrole nitrogens is 1. The molecule has 9 heteroatoms. The van der Waals surface area contributed by atoms with Gasteiger partial charge in [-0.1, -0.05) is 71.7 Å². The van der Waals surface area contributed by atoms with E-state index in [1.54, 1.807) is 54.6 Å². The molecule has 5 rings (SSSR count). The van der Waals surface area contributed by atoms with E-state index in [1.807, 2.05) is 36.4 Å². The zero-order valence-electron chi connectivity index (χ0n) is 20.6. The Bertz CT molecular complexity index is 1700. The SMILES string of the molecule is COc1cc(C=NNC(=O)c2[nH]c3cc(Cl)cc(Cl)c3c2-c2ccccc2)ccc1OC(=O)c1ccccc1. The summed E-state index contributed by atoms with van der Waals surface area (Å²) >= 11 is 12.7. The summed E-state index contributed by atoms with van der Waals surface area (Å²) in [7, 11) is 1.47. The van der Waals surface area contributed by atoms with Crippen molar-refractivity contribution in [2.24, 2.45) is 5.10 Å². The van der Waals surface area contributed by atoms with Crippen LogP contribution in [-0.2, 0) is 0 Å². The number of aromatic amines is 1. The first-order valence-corrected chi connectivity index (χ1v) is 12.5. The lowest BCUT2D eigenvalue weighted by Crippen LogP contribution is -2.18. The van der Waals surface area contributed by atoms with Crippen LogP contribution in [0.2, 0.25) is 10.0 Å². The molecule has 0 saturated heterocycles. The summed E-state index contributed by atoms with van der Waals surface area (Å²) in [5, 5.41) is 5.67. The lowest BCUT2D eigenvalue weighted by Gasteiger charge is -2.10. The fraction of sp³-hybridized carbons (Fsp3) is 0.0333. The van der Waals surface area contributed by atoms with Crippen LogP contribution in [0.4, 0.5) is 0 Å². The summed E-state index contributed by atoms with van der Waals surface area (Å²) < 4.78 is 10.9. The molecule has 0 aliphatic carbocycles. The highest BCUT2D eigenvalue weighted by atomic mass is 35.5. The quantitative estimate of drug-likeness (QED) is 0.0962. The molecule has 4 aromatic carbocycles. The standard InChI is InChI=1S/C30H21Cl2N3O4/c1-38-25-14-18(12-13-24(25)39-30(37)20-10-6-3-7-11-20)17-33-35-29(36)28-26(19-8-4-2-5-9-19)27-22(32)15-21(31)16-23(27)34-28/h2-17,34H,1H3,(H,35,36). The van der Waals surface area contributed by atoms with Crippen LogP contribution in [0, 0.1) is 0 Å². The predicted molar refractivity (Wildman–Crippen MR) is 153 cm³/mol. The van der Waals surface area contributed by atoms with Crippen LogP contribution in [0.3, 0.4) is 0 Å². The van der Waals surface area contributed by atoms with E-state index in [4.69, 9.17) is 32.7 Å². The van der Waals surface area contributed by atoms with Gasteiger partial charge in [0.25, 0.3) is 5.91 Å². The van der Waals surface area contributed by atoms with Crippen LogP contribution in [-0.4, -0.2) is 30.2 Å². The number of carbonyl (C=O) groups excluding carboxylic acids is 2. The number of hydrazone groups is 1. The fourth-order valence-electron chi connectivity index (χ4n) is 4.12. The molecule has 7 nitrogen and oxygen atoms in total. The van der Waals surface area contributed by atoms with Crippen LogP contribution >= 0.6 is 23.2 Å². The van der Waals surface area contributed by atoms with E-state index in [9.17, 15) is 9.59 Å². The van der Waals surface area contributed by atoms with E-state index in [0.29, 0.717) is 49.1 Å². The lowest BCUT2D eigenvalue weighted by atomic mass is 10.0. The summed E-state index contributed by atoms with van der Waals surface area (Å²) in [6, 6.07) is 26.4. The van der Waals surface area contributed by atoms with Crippen LogP contribution in [0.5, 0.6) is 11.5 Å². The van der Waals surface area contributed by atoms with Gasteiger partial charge in [-0.05, 0) is 53.6 Å². The third-order valence-electron chi connectivity index (χ3n) is 5.88. The minimum Gasteiger partial charge on any atom is -0.493 e. The van der Waals surface area contributed by atoms with E-state index >= 15 is 0 Å². The average Bonchev–Trinajstić information content (AvgIpc) is 3.34. The zero-order chi connectivity index (χ0) is 27.4. The number of benzene rings is 4. The maximum atomic E-state index is 13.2. The highest BCUT2D eigenvalue weighted by Gasteiger charge is 2.21. The van der Waals surface area contributed by atoms with E-state index in [1.165, 1.54) is 13.3 Å². The summed E-state index contributed by atoms with van der Waals surface area (Å²) in [5.74, 6) is -0.373. The highest BCUT2D eigenvalue weighted by molar-refractivity contribution is 6.40. The molecule has 0 aliphatic heterocycles. The van der Waals surface area contributed by atoms with Crippen molar-refractivity contribution >= 4 is 52.2 Å². The first kappa shape index (κ1) is 26.0. The molecule has 0 spiro atoms. The number of ether oxygens (including phenoxy) is 2. The fourth-order valence-corrected chi connectivity index (χ4v) is 4.70. The number of halogens is 2. The summed E-state index contributed by atoms with van der Waals surface area (Å²) in [4.78, 5) is 28.8. The summed E-state index contributed by atoms with van der Waals surface area (Å²) in [5.41, 5.74) is 5.97. The van der Waals surface area contributed by atoms with Crippen molar-refractivity contribution in [3.63, 3.8) is 0 Å². The monoisotopic (exact) mass is 557 g/mol. The molecule has 1 aromatic heterocycles. The Morgan fingerprint density at radius 1 is 0.897 bits per heavy atom. The number of fused-ring (bicyclic) bond motifs is 1. The van der Waals surface area contributed by atoms with Gasteiger partial charge in [0.1, 0.15) is 5.69 Å². The highest BCUT2D eigenvalue weighted by Crippen LogP contribution is 2.38. The third-order valence-corrected chi connectivity index (χ3v) is 6.40. The maximum absolute atomic E-state index is 13.2. The van der Waals surface area contributed by atoms with Gasteiger partial charge in [0.15, 0.2) is 11.5 Å². The van der Waals surface area contributed by atoms with Crippen LogP contribution in [0.25, 0.3) is 22.0 Å². The number of amides is 1. The summed E-state index contributed by atoms with van der Waals surface area (Å²) in [6.45, 7) is 0. The smallest absolute Gasteiger partial charge is 0.343 e. The first-order valence-electron chi connectivity index (χ1n) is 11.8. The number of esters is 1. The molecule has 194 valence electrons. The molecule has 2 N–H and O–H groups in total. The number of methoxy groups -OCH3 is 1. The molecule has 0 unspecified atom stereocenters. The van der Waals surface area contributed by atoms with Crippen molar-refractivity contribution in [3.05, 3.63) is 118 Å². The average molecular weight is 558 g/mol. The Balaban J connectivity index is 1.37. The van der Waals surface area contributed by atoms with E-state index in [0.717, 1.165) is 5.56 Å². The molecular formula is C30H21Cl2N3O4. The second-order valence-corrected chi connectivity index (χ2v) is 9.26. The van der Waals surface area contributed by atoms with Crippen molar-refractivity contribution in [1.29, 1.82) is 0 Å². The van der Waals surface area contributed by atoms with Gasteiger partial charge < -0.3 is 14.5 Å². The van der Waals surface area contributed by atoms with E-state index in [-0.39, 0.29) is 5.75 Å².